The van der Waals surface area contributed by atoms with Crippen LogP contribution >= 0.6 is 0 Å². The maximum absolute atomic E-state index is 5.75. The molecule has 2 nitrogen and oxygen atoms in total. The first-order valence-electron chi connectivity index (χ1n) is 7.31. The topological polar surface area (TPSA) is 21.3 Å². The molecule has 1 saturated carbocycles. The smallest absolute Gasteiger partial charge is 0.119 e. The molecule has 1 atom stereocenters. The number of hydrogen-bond donors (Lipinski definition) is 1. The van der Waals surface area contributed by atoms with Crippen LogP contribution in [0.25, 0.3) is 0 Å². The lowest BCUT2D eigenvalue weighted by molar-refractivity contribution is 0.348. The summed E-state index contributed by atoms with van der Waals surface area (Å²) in [5.41, 5.74) is 2.49. The summed E-state index contributed by atoms with van der Waals surface area (Å²) in [5.74, 6) is 1.55. The van der Waals surface area contributed by atoms with E-state index in [2.05, 4.69) is 50.0 Å². The van der Waals surface area contributed by atoms with Crippen molar-refractivity contribution in [2.24, 2.45) is 0 Å². The minimum absolute atomic E-state index is 0.600. The molecule has 1 N–H and O–H groups in total. The fraction of sp³-hybridized carbons (Fsp3) is 0.529. The standard InChI is InChI=1S/C17H25NO/c1-4-14(3)15-5-9-17(10-6-15)19-12-13(2)11-18-16-7-8-16/h5-6,9-10,14,16,18H,2,4,7-8,11-12H2,1,3H3. The van der Waals surface area contributed by atoms with Crippen molar-refractivity contribution in [2.45, 2.75) is 45.1 Å². The Kier molecular flexibility index (Phi) is 5.03. The van der Waals surface area contributed by atoms with Gasteiger partial charge in [-0.1, -0.05) is 32.6 Å². The van der Waals surface area contributed by atoms with E-state index in [1.807, 2.05) is 0 Å². The largest absolute Gasteiger partial charge is 0.489 e. The third-order valence-electron chi connectivity index (χ3n) is 3.72. The van der Waals surface area contributed by atoms with E-state index >= 15 is 0 Å². The van der Waals surface area contributed by atoms with Crippen LogP contribution in [0.5, 0.6) is 5.75 Å². The quantitative estimate of drug-likeness (QED) is 0.715. The molecule has 1 aromatic rings. The molecule has 1 aliphatic rings. The van der Waals surface area contributed by atoms with Crippen LogP contribution in [0.15, 0.2) is 36.4 Å². The van der Waals surface area contributed by atoms with Gasteiger partial charge in [-0.05, 0) is 48.4 Å². The zero-order chi connectivity index (χ0) is 13.7. The number of ether oxygens (including phenoxy) is 1. The van der Waals surface area contributed by atoms with Gasteiger partial charge in [0, 0.05) is 12.6 Å². The summed E-state index contributed by atoms with van der Waals surface area (Å²) in [6, 6.07) is 9.17. The first kappa shape index (κ1) is 14.1. The molecule has 0 bridgehead atoms. The molecule has 1 unspecified atom stereocenters. The highest BCUT2D eigenvalue weighted by Gasteiger charge is 2.20. The Bertz CT molecular complexity index is 406. The van der Waals surface area contributed by atoms with Gasteiger partial charge in [0.1, 0.15) is 12.4 Å². The van der Waals surface area contributed by atoms with Crippen molar-refractivity contribution in [1.82, 2.24) is 5.32 Å². The van der Waals surface area contributed by atoms with Crippen LogP contribution in [0.4, 0.5) is 0 Å². The summed E-state index contributed by atoms with van der Waals surface area (Å²) in [6.45, 7) is 9.98. The summed E-state index contributed by atoms with van der Waals surface area (Å²) >= 11 is 0. The summed E-state index contributed by atoms with van der Waals surface area (Å²) in [6.07, 6.45) is 3.79. The molecule has 0 aliphatic heterocycles. The van der Waals surface area contributed by atoms with Crippen LogP contribution in [0.1, 0.15) is 44.6 Å². The molecule has 2 rings (SSSR count). The van der Waals surface area contributed by atoms with Gasteiger partial charge in [0.15, 0.2) is 0 Å². The number of benzene rings is 1. The Labute approximate surface area is 116 Å². The van der Waals surface area contributed by atoms with E-state index < -0.39 is 0 Å². The molecule has 0 heterocycles. The predicted molar refractivity (Wildman–Crippen MR) is 80.8 cm³/mol. The summed E-state index contributed by atoms with van der Waals surface area (Å²) in [4.78, 5) is 0. The van der Waals surface area contributed by atoms with Gasteiger partial charge >= 0.3 is 0 Å². The molecule has 104 valence electrons. The third-order valence-corrected chi connectivity index (χ3v) is 3.72. The van der Waals surface area contributed by atoms with Crippen LogP contribution in [0, 0.1) is 0 Å². The van der Waals surface area contributed by atoms with Crippen LogP contribution in [0.2, 0.25) is 0 Å². The second-order valence-corrected chi connectivity index (χ2v) is 5.57. The molecule has 1 aromatic carbocycles. The molecular formula is C17H25NO. The van der Waals surface area contributed by atoms with E-state index in [1.54, 1.807) is 0 Å². The van der Waals surface area contributed by atoms with Crippen LogP contribution < -0.4 is 10.1 Å². The maximum Gasteiger partial charge on any atom is 0.119 e. The van der Waals surface area contributed by atoms with Gasteiger partial charge in [-0.15, -0.1) is 0 Å². The Balaban J connectivity index is 1.74. The molecule has 19 heavy (non-hydrogen) atoms. The Morgan fingerprint density at radius 2 is 2.05 bits per heavy atom. The van der Waals surface area contributed by atoms with Crippen LogP contribution in [-0.4, -0.2) is 19.2 Å². The minimum Gasteiger partial charge on any atom is -0.489 e. The van der Waals surface area contributed by atoms with Crippen molar-refractivity contribution in [3.8, 4) is 5.75 Å². The molecule has 0 radical (unpaired) electrons. The predicted octanol–water partition coefficient (Wildman–Crippen LogP) is 3.89. The van der Waals surface area contributed by atoms with Crippen molar-refractivity contribution in [2.75, 3.05) is 13.2 Å². The molecule has 1 aliphatic carbocycles. The highest BCUT2D eigenvalue weighted by molar-refractivity contribution is 5.29. The fourth-order valence-corrected chi connectivity index (χ4v) is 1.94. The number of hydrogen-bond acceptors (Lipinski definition) is 2. The first-order valence-corrected chi connectivity index (χ1v) is 7.31. The summed E-state index contributed by atoms with van der Waals surface area (Å²) in [7, 11) is 0. The Morgan fingerprint density at radius 1 is 1.37 bits per heavy atom. The van der Waals surface area contributed by atoms with E-state index in [9.17, 15) is 0 Å². The van der Waals surface area contributed by atoms with Gasteiger partial charge in [0.2, 0.25) is 0 Å². The molecule has 0 saturated heterocycles. The average molecular weight is 259 g/mol. The fourth-order valence-electron chi connectivity index (χ4n) is 1.94. The Hall–Kier alpha value is -1.28. The zero-order valence-corrected chi connectivity index (χ0v) is 12.1. The third kappa shape index (κ3) is 4.71. The molecule has 2 heteroatoms. The normalized spacial score (nSPS) is 16.1. The lowest BCUT2D eigenvalue weighted by atomic mass is 9.99. The van der Waals surface area contributed by atoms with E-state index in [-0.39, 0.29) is 0 Å². The monoisotopic (exact) mass is 259 g/mol. The Morgan fingerprint density at radius 3 is 2.63 bits per heavy atom. The van der Waals surface area contributed by atoms with Crippen LogP contribution in [0.3, 0.4) is 0 Å². The second kappa shape index (κ2) is 6.76. The highest BCUT2D eigenvalue weighted by Crippen LogP contribution is 2.22. The van der Waals surface area contributed by atoms with E-state index in [4.69, 9.17) is 4.74 Å². The average Bonchev–Trinajstić information content (AvgIpc) is 3.26. The minimum atomic E-state index is 0.600. The van der Waals surface area contributed by atoms with Crippen molar-refractivity contribution >= 4 is 0 Å². The van der Waals surface area contributed by atoms with Crippen molar-refractivity contribution in [3.05, 3.63) is 42.0 Å². The van der Waals surface area contributed by atoms with Gasteiger partial charge in [0.25, 0.3) is 0 Å². The maximum atomic E-state index is 5.75. The van der Waals surface area contributed by atoms with Gasteiger partial charge in [-0.25, -0.2) is 0 Å². The van der Waals surface area contributed by atoms with Crippen molar-refractivity contribution in [1.29, 1.82) is 0 Å². The van der Waals surface area contributed by atoms with E-state index in [1.165, 1.54) is 24.8 Å². The highest BCUT2D eigenvalue weighted by atomic mass is 16.5. The molecule has 0 aromatic heterocycles. The van der Waals surface area contributed by atoms with Crippen LogP contribution in [-0.2, 0) is 0 Å². The van der Waals surface area contributed by atoms with E-state index in [0.717, 1.165) is 23.9 Å². The van der Waals surface area contributed by atoms with E-state index in [0.29, 0.717) is 12.5 Å². The van der Waals surface area contributed by atoms with Gasteiger partial charge < -0.3 is 10.1 Å². The van der Waals surface area contributed by atoms with Crippen molar-refractivity contribution in [3.63, 3.8) is 0 Å². The lowest BCUT2D eigenvalue weighted by Gasteiger charge is -2.12. The first-order chi connectivity index (χ1) is 9.19. The summed E-state index contributed by atoms with van der Waals surface area (Å²) in [5, 5.41) is 3.44. The van der Waals surface area contributed by atoms with Gasteiger partial charge in [-0.2, -0.15) is 0 Å². The van der Waals surface area contributed by atoms with Gasteiger partial charge in [0.05, 0.1) is 0 Å². The number of rotatable bonds is 8. The van der Waals surface area contributed by atoms with Crippen molar-refractivity contribution < 1.29 is 4.74 Å². The molecular weight excluding hydrogens is 234 g/mol. The molecule has 0 amide bonds. The molecule has 1 fully saturated rings. The van der Waals surface area contributed by atoms with Gasteiger partial charge in [-0.3, -0.25) is 0 Å². The molecule has 0 spiro atoms. The zero-order valence-electron chi connectivity index (χ0n) is 12.1. The number of nitrogens with one attached hydrogen (secondary N) is 1. The summed E-state index contributed by atoms with van der Waals surface area (Å²) < 4.78 is 5.75. The second-order valence-electron chi connectivity index (χ2n) is 5.57. The lowest BCUT2D eigenvalue weighted by Crippen LogP contribution is -2.21. The SMILES string of the molecule is C=C(CNC1CC1)COc1ccc(C(C)CC)cc1.